The predicted octanol–water partition coefficient (Wildman–Crippen LogP) is -1.43. The van der Waals surface area contributed by atoms with E-state index >= 15 is 0 Å². The lowest BCUT2D eigenvalue weighted by Crippen LogP contribution is -2.55. The van der Waals surface area contributed by atoms with Gasteiger partial charge >= 0.3 is 17.8 Å². The Morgan fingerprint density at radius 3 is 2.56 bits per heavy atom. The number of rotatable bonds is 12. The van der Waals surface area contributed by atoms with Gasteiger partial charge in [0.15, 0.2) is 11.9 Å². The molecule has 2 aromatic heterocycles. The summed E-state index contributed by atoms with van der Waals surface area (Å²) in [6, 6.07) is 0.186. The summed E-state index contributed by atoms with van der Waals surface area (Å²) in [5.74, 6) is -1.31. The third-order valence-corrected chi connectivity index (χ3v) is 9.41. The summed E-state index contributed by atoms with van der Waals surface area (Å²) in [5, 5.41) is 26.2. The van der Waals surface area contributed by atoms with Gasteiger partial charge in [0.05, 0.1) is 24.8 Å². The van der Waals surface area contributed by atoms with E-state index in [1.807, 2.05) is 0 Å². The molecule has 0 aromatic carbocycles. The molecule has 4 rings (SSSR count). The first-order chi connectivity index (χ1) is 19.2. The minimum atomic E-state index is -5.60. The molecule has 2 fully saturated rings. The number of nitrogens with zero attached hydrogens (tertiary/aromatic N) is 4. The molecule has 7 N–H and O–H groups in total. The van der Waals surface area contributed by atoms with Crippen LogP contribution in [0.3, 0.4) is 0 Å². The smallest absolute Gasteiger partial charge is 0.369 e. The molecule has 21 heteroatoms. The van der Waals surface area contributed by atoms with Gasteiger partial charge in [0.25, 0.3) is 11.2 Å². The van der Waals surface area contributed by atoms with E-state index in [1.54, 1.807) is 4.72 Å². The molecule has 2 aliphatic rings. The van der Waals surface area contributed by atoms with Gasteiger partial charge in [-0.15, -0.1) is 0 Å². The largest absolute Gasteiger partial charge is 0.387 e. The zero-order valence-electron chi connectivity index (χ0n) is 21.9. The van der Waals surface area contributed by atoms with Gasteiger partial charge in [0, 0.05) is 20.2 Å². The Kier molecular flexibility index (Phi) is 9.56. The summed E-state index contributed by atoms with van der Waals surface area (Å²) in [4.78, 5) is 41.2. The van der Waals surface area contributed by atoms with Gasteiger partial charge in [-0.1, -0.05) is 12.8 Å². The van der Waals surface area contributed by atoms with E-state index in [-0.39, 0.29) is 17.0 Å². The number of amides is 1. The third-order valence-electron chi connectivity index (χ3n) is 6.85. The second-order valence-corrected chi connectivity index (χ2v) is 13.3. The zero-order chi connectivity index (χ0) is 30.2. The van der Waals surface area contributed by atoms with E-state index < -0.39 is 66.8 Å². The van der Waals surface area contributed by atoms with Crippen molar-refractivity contribution in [2.75, 3.05) is 32.7 Å². The van der Waals surface area contributed by atoms with Crippen LogP contribution in [0.1, 0.15) is 31.9 Å². The van der Waals surface area contributed by atoms with Gasteiger partial charge in [-0.3, -0.25) is 9.36 Å². The molecular formula is C20H31ClN7O11PS. The minimum absolute atomic E-state index is 0.110. The van der Waals surface area contributed by atoms with Crippen LogP contribution in [-0.2, 0) is 33.8 Å². The lowest BCUT2D eigenvalue weighted by molar-refractivity contribution is -0.151. The molecular weight excluding hydrogens is 613 g/mol. The van der Waals surface area contributed by atoms with Gasteiger partial charge in [-0.05, 0) is 24.4 Å². The molecule has 1 amide bonds. The monoisotopic (exact) mass is 643 g/mol. The molecule has 3 heterocycles. The third kappa shape index (κ3) is 6.50. The van der Waals surface area contributed by atoms with Gasteiger partial charge in [-0.2, -0.15) is 23.5 Å². The van der Waals surface area contributed by atoms with E-state index in [0.29, 0.717) is 11.2 Å². The van der Waals surface area contributed by atoms with Crippen LogP contribution in [0.25, 0.3) is 11.0 Å². The van der Waals surface area contributed by atoms with E-state index in [1.165, 1.54) is 10.9 Å². The fourth-order valence-corrected chi connectivity index (χ4v) is 6.28. The molecule has 1 aliphatic heterocycles. The first-order valence-electron chi connectivity index (χ1n) is 12.4. The number of carbonyl (C=O) groups is 1. The molecule has 2 aromatic rings. The van der Waals surface area contributed by atoms with Crippen molar-refractivity contribution in [3.8, 4) is 0 Å². The Labute approximate surface area is 239 Å². The summed E-state index contributed by atoms with van der Waals surface area (Å²) in [6.45, 7) is -1.97. The van der Waals surface area contributed by atoms with Crippen LogP contribution < -0.4 is 14.8 Å². The summed E-state index contributed by atoms with van der Waals surface area (Å²) in [6.07, 6.45) is -0.705. The maximum Gasteiger partial charge on any atom is 0.369 e. The summed E-state index contributed by atoms with van der Waals surface area (Å²) in [7, 11) is -8.14. The molecule has 1 saturated carbocycles. The topological polar surface area (TPSA) is 257 Å². The van der Waals surface area contributed by atoms with Crippen LogP contribution in [0.2, 0.25) is 5.28 Å². The number of carbonyl (C=O) groups excluding carboxylic acids is 1. The van der Waals surface area contributed by atoms with Gasteiger partial charge in [0.1, 0.15) is 24.1 Å². The van der Waals surface area contributed by atoms with Crippen molar-refractivity contribution in [3.63, 3.8) is 0 Å². The number of nitrogens with one attached hydrogen (secondary N) is 3. The number of aromatic nitrogens is 4. The van der Waals surface area contributed by atoms with E-state index in [9.17, 15) is 37.8 Å². The Hall–Kier alpha value is -2.03. The SMILES string of the molecule is CNS(=O)(=O)NC(=O)C(COC)(OC[C@H]1O[C@@H](n2ncc3c(NC4CCCC4)nc(Cl)nc32)[C@H](O)[C@@H]1O)P(=O)(O)O. The quantitative estimate of drug-likeness (QED) is 0.103. The molecule has 0 spiro atoms. The molecule has 0 radical (unpaired) electrons. The van der Waals surface area contributed by atoms with Crippen molar-refractivity contribution >= 4 is 52.2 Å². The van der Waals surface area contributed by atoms with Crippen LogP contribution in [0.4, 0.5) is 5.82 Å². The van der Waals surface area contributed by atoms with E-state index in [2.05, 4.69) is 20.4 Å². The molecule has 5 atom stereocenters. The van der Waals surface area contributed by atoms with Gasteiger partial charge in [0.2, 0.25) is 5.28 Å². The van der Waals surface area contributed by atoms with Crippen molar-refractivity contribution in [1.29, 1.82) is 0 Å². The average molecular weight is 644 g/mol. The minimum Gasteiger partial charge on any atom is -0.387 e. The van der Waals surface area contributed by atoms with Gasteiger partial charge in [-0.25, -0.2) is 14.1 Å². The Morgan fingerprint density at radius 2 is 1.95 bits per heavy atom. The average Bonchev–Trinajstić information content (AvgIpc) is 3.62. The molecule has 41 heavy (non-hydrogen) atoms. The highest BCUT2D eigenvalue weighted by molar-refractivity contribution is 7.88. The molecule has 1 saturated heterocycles. The number of anilines is 1. The number of aliphatic hydroxyl groups is 2. The van der Waals surface area contributed by atoms with Crippen molar-refractivity contribution in [1.82, 2.24) is 29.2 Å². The standard InChI is InChI=1S/C20H31ClN7O11PS/c1-22-41(35,36)27-18(31)20(9-37-2,40(32,33)34)38-8-12-13(29)14(30)17(39-12)28-16-11(7-23-28)15(25-19(21)26-16)24-10-5-3-4-6-10/h7,10,12-14,17,22,29-30H,3-6,8-9H2,1-2H3,(H,27,31)(H,24,25,26)(H2,32,33,34)/t12-,13-,14-,17-,20?/m1/s1. The Bertz CT molecular complexity index is 1420. The van der Waals surface area contributed by atoms with E-state index in [4.69, 9.17) is 25.8 Å². The lowest BCUT2D eigenvalue weighted by atomic mass is 10.1. The number of methoxy groups -OCH3 is 1. The fourth-order valence-electron chi connectivity index (χ4n) is 4.67. The highest BCUT2D eigenvalue weighted by Crippen LogP contribution is 2.52. The second kappa shape index (κ2) is 12.3. The summed E-state index contributed by atoms with van der Waals surface area (Å²) >= 11 is 6.15. The van der Waals surface area contributed by atoms with Crippen LogP contribution in [0, 0.1) is 0 Å². The van der Waals surface area contributed by atoms with Gasteiger partial charge < -0.3 is 39.5 Å². The fraction of sp³-hybridized carbons (Fsp3) is 0.700. The van der Waals surface area contributed by atoms with Crippen molar-refractivity contribution in [3.05, 3.63) is 11.5 Å². The Balaban J connectivity index is 1.58. The molecule has 1 unspecified atom stereocenters. The van der Waals surface area contributed by atoms with Crippen molar-refractivity contribution in [2.24, 2.45) is 0 Å². The number of ether oxygens (including phenoxy) is 3. The first kappa shape index (κ1) is 31.9. The normalized spacial score (nSPS) is 25.4. The maximum atomic E-state index is 12.8. The maximum absolute atomic E-state index is 12.8. The second-order valence-electron chi connectivity index (χ2n) is 9.55. The lowest BCUT2D eigenvalue weighted by Gasteiger charge is -2.32. The first-order valence-corrected chi connectivity index (χ1v) is 15.8. The van der Waals surface area contributed by atoms with Crippen molar-refractivity contribution < 1.29 is 52.0 Å². The molecule has 0 bridgehead atoms. The molecule has 230 valence electrons. The number of aliphatic hydroxyl groups excluding tert-OH is 2. The summed E-state index contributed by atoms with van der Waals surface area (Å²) < 4.78 is 56.3. The highest BCUT2D eigenvalue weighted by Gasteiger charge is 2.58. The number of hydrogen-bond donors (Lipinski definition) is 7. The number of hydrogen-bond acceptors (Lipinski definition) is 13. The zero-order valence-corrected chi connectivity index (χ0v) is 24.3. The Morgan fingerprint density at radius 1 is 1.27 bits per heavy atom. The van der Waals surface area contributed by atoms with Crippen molar-refractivity contribution in [2.45, 2.75) is 61.6 Å². The predicted molar refractivity (Wildman–Crippen MR) is 141 cm³/mol. The number of halogens is 1. The van der Waals surface area contributed by atoms with Crippen LogP contribution in [-0.4, -0.2) is 111 Å². The van der Waals surface area contributed by atoms with Crippen LogP contribution in [0.5, 0.6) is 0 Å². The molecule has 18 nitrogen and oxygen atoms in total. The number of fused-ring (bicyclic) bond motifs is 1. The highest BCUT2D eigenvalue weighted by atomic mass is 35.5. The van der Waals surface area contributed by atoms with Crippen LogP contribution in [0.15, 0.2) is 6.20 Å². The van der Waals surface area contributed by atoms with Crippen LogP contribution >= 0.6 is 19.2 Å². The molecule has 1 aliphatic carbocycles. The van der Waals surface area contributed by atoms with E-state index in [0.717, 1.165) is 44.5 Å². The summed E-state index contributed by atoms with van der Waals surface area (Å²) in [5.41, 5.74) is 0.170.